The maximum atomic E-state index is 13.2. The van der Waals surface area contributed by atoms with E-state index in [-0.39, 0.29) is 0 Å². The van der Waals surface area contributed by atoms with Crippen LogP contribution in [0.2, 0.25) is 0 Å². The van der Waals surface area contributed by atoms with Gasteiger partial charge in [-0.25, -0.2) is 4.98 Å². The maximum Gasteiger partial charge on any atom is 0.242 e. The summed E-state index contributed by atoms with van der Waals surface area (Å²) in [6.45, 7) is 9.50. The van der Waals surface area contributed by atoms with E-state index in [1.807, 2.05) is 6.07 Å². The Hall–Kier alpha value is -1.90. The number of hydrogen-bond donors (Lipinski definition) is 0. The average molecular weight is 361 g/mol. The van der Waals surface area contributed by atoms with Crippen LogP contribution < -0.4 is 4.73 Å². The van der Waals surface area contributed by atoms with Crippen molar-refractivity contribution in [2.24, 2.45) is 22.7 Å². The van der Waals surface area contributed by atoms with Crippen molar-refractivity contribution in [3.05, 3.63) is 52.0 Å². The van der Waals surface area contributed by atoms with Crippen LogP contribution in [-0.4, -0.2) is 4.98 Å². The summed E-state index contributed by atoms with van der Waals surface area (Å²) in [7, 11) is 0. The minimum absolute atomic E-state index is 0.347. The molecule has 0 unspecified atom stereocenters. The molecule has 2 aromatic heterocycles. The van der Waals surface area contributed by atoms with Gasteiger partial charge < -0.3 is 5.21 Å². The molecule has 2 fully saturated rings. The van der Waals surface area contributed by atoms with Gasteiger partial charge in [0.05, 0.1) is 0 Å². The third-order valence-electron chi connectivity index (χ3n) is 9.06. The first-order valence-electron chi connectivity index (χ1n) is 10.5. The van der Waals surface area contributed by atoms with Crippen molar-refractivity contribution in [1.82, 2.24) is 4.98 Å². The molecule has 27 heavy (non-hydrogen) atoms. The molecule has 0 aliphatic heterocycles. The molecular weight excluding hydrogens is 332 g/mol. The van der Waals surface area contributed by atoms with Gasteiger partial charge in [-0.15, -0.1) is 0 Å². The second-order valence-corrected chi connectivity index (χ2v) is 10.7. The fourth-order valence-electron chi connectivity index (χ4n) is 6.69. The summed E-state index contributed by atoms with van der Waals surface area (Å²) in [6, 6.07) is 8.56. The molecule has 0 saturated heterocycles. The number of hydrogen-bond acceptors (Lipinski definition) is 2. The first kappa shape index (κ1) is 16.1. The van der Waals surface area contributed by atoms with E-state index in [4.69, 9.17) is 4.98 Å². The van der Waals surface area contributed by atoms with E-state index >= 15 is 0 Å². The van der Waals surface area contributed by atoms with Gasteiger partial charge in [-0.3, -0.25) is 0 Å². The van der Waals surface area contributed by atoms with Crippen LogP contribution in [0.25, 0.3) is 11.4 Å². The van der Waals surface area contributed by atoms with Crippen LogP contribution in [0.1, 0.15) is 74.9 Å². The third kappa shape index (κ3) is 1.83. The van der Waals surface area contributed by atoms with Gasteiger partial charge in [-0.2, -0.15) is 4.73 Å². The molecular formula is C24H28N2O. The van der Waals surface area contributed by atoms with Gasteiger partial charge in [0.15, 0.2) is 5.69 Å². The Kier molecular flexibility index (Phi) is 2.82. The Balaban J connectivity index is 1.42. The van der Waals surface area contributed by atoms with Gasteiger partial charge in [0.1, 0.15) is 5.69 Å². The number of pyridine rings is 2. The monoisotopic (exact) mass is 360 g/mol. The van der Waals surface area contributed by atoms with E-state index in [2.05, 4.69) is 45.9 Å². The van der Waals surface area contributed by atoms with Crippen LogP contribution in [0.3, 0.4) is 0 Å². The minimum atomic E-state index is 0.347. The van der Waals surface area contributed by atoms with Gasteiger partial charge in [-0.05, 0) is 71.5 Å². The van der Waals surface area contributed by atoms with E-state index in [1.54, 1.807) is 0 Å². The Bertz CT molecular complexity index is 990. The largest absolute Gasteiger partial charge is 0.618 e. The van der Waals surface area contributed by atoms with E-state index < -0.39 is 0 Å². The lowest BCUT2D eigenvalue weighted by molar-refractivity contribution is -0.605. The van der Waals surface area contributed by atoms with Crippen LogP contribution in [0.5, 0.6) is 0 Å². The molecule has 6 aliphatic carbocycles. The Labute approximate surface area is 161 Å². The smallest absolute Gasteiger partial charge is 0.242 e. The van der Waals surface area contributed by atoms with Gasteiger partial charge >= 0.3 is 0 Å². The normalized spacial score (nSPS) is 33.3. The zero-order chi connectivity index (χ0) is 18.7. The van der Waals surface area contributed by atoms with Crippen LogP contribution >= 0.6 is 0 Å². The fourth-order valence-corrected chi connectivity index (χ4v) is 6.69. The molecule has 2 aromatic rings. The summed E-state index contributed by atoms with van der Waals surface area (Å²) in [6.07, 6.45) is 4.53. The molecule has 0 amide bonds. The molecule has 6 aliphatic rings. The predicted molar refractivity (Wildman–Crippen MR) is 105 cm³/mol. The third-order valence-corrected chi connectivity index (χ3v) is 9.06. The van der Waals surface area contributed by atoms with E-state index in [0.29, 0.717) is 28.6 Å². The number of aromatic nitrogens is 2. The predicted octanol–water partition coefficient (Wildman–Crippen LogP) is 4.75. The van der Waals surface area contributed by atoms with Crippen molar-refractivity contribution >= 4 is 0 Å². The Morgan fingerprint density at radius 3 is 2.22 bits per heavy atom. The summed E-state index contributed by atoms with van der Waals surface area (Å²) in [5.41, 5.74) is 7.27. The van der Waals surface area contributed by atoms with E-state index in [9.17, 15) is 5.21 Å². The van der Waals surface area contributed by atoms with Crippen molar-refractivity contribution < 1.29 is 4.73 Å². The Morgan fingerprint density at radius 2 is 1.52 bits per heavy atom. The summed E-state index contributed by atoms with van der Waals surface area (Å²) in [5.74, 6) is 2.59. The standard InChI is InChI=1S/C24H28N2O/c1-23(2)13-9-17(23)15-5-7-19(25-20(15)11-13)21-8-6-16-18-10-14(24(18,3)4)12-22(16)26(21)27/h5-8,13-14,17-18H,9-12H2,1-4H3/t13-,14-,17+,18+/m0/s1. The van der Waals surface area contributed by atoms with Crippen molar-refractivity contribution in [1.29, 1.82) is 0 Å². The highest BCUT2D eigenvalue weighted by atomic mass is 16.5. The summed E-state index contributed by atoms with van der Waals surface area (Å²) >= 11 is 0. The van der Waals surface area contributed by atoms with Crippen molar-refractivity contribution in [3.8, 4) is 11.4 Å². The quantitative estimate of drug-likeness (QED) is 0.544. The molecule has 2 saturated carbocycles. The van der Waals surface area contributed by atoms with Crippen LogP contribution in [0.4, 0.5) is 0 Å². The molecule has 4 bridgehead atoms. The number of rotatable bonds is 1. The zero-order valence-corrected chi connectivity index (χ0v) is 16.7. The zero-order valence-electron chi connectivity index (χ0n) is 16.7. The van der Waals surface area contributed by atoms with E-state index in [1.165, 1.54) is 34.4 Å². The highest BCUT2D eigenvalue weighted by Crippen LogP contribution is 2.62. The fraction of sp³-hybridized carbons (Fsp3) is 0.583. The maximum absolute atomic E-state index is 13.2. The van der Waals surface area contributed by atoms with Crippen molar-refractivity contribution in [2.45, 2.75) is 65.2 Å². The second kappa shape index (κ2) is 4.74. The average Bonchev–Trinajstić information content (AvgIpc) is 2.66. The van der Waals surface area contributed by atoms with Crippen molar-refractivity contribution in [3.63, 3.8) is 0 Å². The molecule has 0 spiro atoms. The van der Waals surface area contributed by atoms with Crippen molar-refractivity contribution in [2.75, 3.05) is 0 Å². The first-order chi connectivity index (χ1) is 12.8. The molecule has 0 aromatic carbocycles. The van der Waals surface area contributed by atoms with E-state index in [0.717, 1.165) is 35.8 Å². The molecule has 3 heteroatoms. The summed E-state index contributed by atoms with van der Waals surface area (Å²) in [4.78, 5) is 4.98. The van der Waals surface area contributed by atoms with Crippen LogP contribution in [-0.2, 0) is 12.8 Å². The lowest BCUT2D eigenvalue weighted by atomic mass is 9.48. The summed E-state index contributed by atoms with van der Waals surface area (Å²) < 4.78 is 1.20. The van der Waals surface area contributed by atoms with Gasteiger partial charge in [-0.1, -0.05) is 33.8 Å². The number of nitrogens with zero attached hydrogens (tertiary/aromatic N) is 2. The second-order valence-electron chi connectivity index (χ2n) is 10.7. The highest BCUT2D eigenvalue weighted by Gasteiger charge is 2.55. The summed E-state index contributed by atoms with van der Waals surface area (Å²) in [5, 5.41) is 13.2. The molecule has 2 heterocycles. The molecule has 4 atom stereocenters. The lowest BCUT2D eigenvalue weighted by Crippen LogP contribution is -2.52. The molecule has 8 rings (SSSR count). The Morgan fingerprint density at radius 1 is 0.889 bits per heavy atom. The topological polar surface area (TPSA) is 39.8 Å². The minimum Gasteiger partial charge on any atom is -0.618 e. The molecule has 140 valence electrons. The first-order valence-corrected chi connectivity index (χ1v) is 10.5. The molecule has 3 nitrogen and oxygen atoms in total. The van der Waals surface area contributed by atoms with Gasteiger partial charge in [0.25, 0.3) is 0 Å². The van der Waals surface area contributed by atoms with Gasteiger partial charge in [0, 0.05) is 23.7 Å². The molecule has 0 N–H and O–H groups in total. The SMILES string of the molecule is CC1(C)[C@@H]2Cc3nc(-c4ccc5c([n+]4[O-])C[C@@H]4C[C@H]5C4(C)C)ccc3[C@H]1C2. The highest BCUT2D eigenvalue weighted by molar-refractivity contribution is 5.55. The van der Waals surface area contributed by atoms with Gasteiger partial charge in [0.2, 0.25) is 5.69 Å². The lowest BCUT2D eigenvalue weighted by Gasteiger charge is -2.56. The molecule has 0 radical (unpaired) electrons. The van der Waals surface area contributed by atoms with Crippen LogP contribution in [0, 0.1) is 27.9 Å². The van der Waals surface area contributed by atoms with Crippen LogP contribution in [0.15, 0.2) is 24.3 Å².